The maximum absolute atomic E-state index is 11.1. The Kier molecular flexibility index (Phi) is 9.36. The Morgan fingerprint density at radius 1 is 1.07 bits per heavy atom. The van der Waals surface area contributed by atoms with Crippen LogP contribution in [0.4, 0.5) is 0 Å². The molecule has 0 saturated heterocycles. The van der Waals surface area contributed by atoms with Crippen molar-refractivity contribution in [1.29, 1.82) is 0 Å². The van der Waals surface area contributed by atoms with Crippen LogP contribution in [0.3, 0.4) is 0 Å². The highest BCUT2D eigenvalue weighted by molar-refractivity contribution is 7.98. The zero-order valence-corrected chi connectivity index (χ0v) is 10.3. The Bertz CT molecular complexity index is 198. The van der Waals surface area contributed by atoms with Gasteiger partial charge in [0.05, 0.1) is 0 Å². The third kappa shape index (κ3) is 9.59. The van der Waals surface area contributed by atoms with E-state index in [1.165, 1.54) is 0 Å². The van der Waals surface area contributed by atoms with E-state index < -0.39 is 0 Å². The summed E-state index contributed by atoms with van der Waals surface area (Å²) >= 11 is 1.65. The van der Waals surface area contributed by atoms with Crippen LogP contribution in [0.1, 0.15) is 26.2 Å². The Hall–Kier alpha value is -0.710. The molecule has 0 radical (unpaired) electrons. The van der Waals surface area contributed by atoms with Gasteiger partial charge in [0.15, 0.2) is 0 Å². The molecular weight excluding hydrogens is 212 g/mol. The summed E-state index contributed by atoms with van der Waals surface area (Å²) < 4.78 is 0. The fraction of sp³-hybridized carbons (Fsp3) is 0.800. The first-order chi connectivity index (χ1) is 7.20. The number of hydrogen-bond acceptors (Lipinski definition) is 3. The van der Waals surface area contributed by atoms with E-state index in [9.17, 15) is 9.59 Å². The number of carbonyl (C=O) groups excluding carboxylic acids is 2. The molecule has 2 amide bonds. The van der Waals surface area contributed by atoms with Gasteiger partial charge in [-0.25, -0.2) is 0 Å². The van der Waals surface area contributed by atoms with Crippen molar-refractivity contribution in [3.8, 4) is 0 Å². The van der Waals surface area contributed by atoms with Gasteiger partial charge in [0.25, 0.3) is 0 Å². The summed E-state index contributed by atoms with van der Waals surface area (Å²) in [5.74, 6) is 0.943. The summed E-state index contributed by atoms with van der Waals surface area (Å²) in [5.41, 5.74) is 0. The van der Waals surface area contributed by atoms with Crippen LogP contribution < -0.4 is 10.6 Å². The van der Waals surface area contributed by atoms with Gasteiger partial charge in [0, 0.05) is 31.7 Å². The van der Waals surface area contributed by atoms with E-state index in [-0.39, 0.29) is 11.8 Å². The predicted octanol–water partition coefficient (Wildman–Crippen LogP) is 0.772. The summed E-state index contributed by atoms with van der Waals surface area (Å²) in [7, 11) is 0. The fourth-order valence-corrected chi connectivity index (χ4v) is 1.39. The van der Waals surface area contributed by atoms with Gasteiger partial charge in [-0.1, -0.05) is 6.92 Å². The minimum Gasteiger partial charge on any atom is -0.354 e. The predicted molar refractivity (Wildman–Crippen MR) is 63.9 cm³/mol. The van der Waals surface area contributed by atoms with Crippen LogP contribution in [0.25, 0.3) is 0 Å². The van der Waals surface area contributed by atoms with Gasteiger partial charge in [0.2, 0.25) is 11.8 Å². The number of carbonyl (C=O) groups is 2. The van der Waals surface area contributed by atoms with Crippen molar-refractivity contribution in [2.75, 3.05) is 25.1 Å². The standard InChI is InChI=1S/C10H20N2O2S/c1-3-4-9(13)11-6-7-12-10(14)5-8-15-2/h3-8H2,1-2H3,(H,11,13)(H,12,14). The Morgan fingerprint density at radius 2 is 1.60 bits per heavy atom. The lowest BCUT2D eigenvalue weighted by atomic mass is 10.3. The molecule has 2 N–H and O–H groups in total. The van der Waals surface area contributed by atoms with E-state index in [1.807, 2.05) is 13.2 Å². The zero-order valence-electron chi connectivity index (χ0n) is 9.47. The molecule has 0 saturated carbocycles. The van der Waals surface area contributed by atoms with Crippen molar-refractivity contribution in [3.05, 3.63) is 0 Å². The summed E-state index contributed by atoms with van der Waals surface area (Å²) in [5, 5.41) is 5.48. The van der Waals surface area contributed by atoms with Crippen LogP contribution >= 0.6 is 11.8 Å². The van der Waals surface area contributed by atoms with Crippen molar-refractivity contribution in [3.63, 3.8) is 0 Å². The molecule has 88 valence electrons. The van der Waals surface area contributed by atoms with Crippen LogP contribution in [-0.4, -0.2) is 36.9 Å². The summed E-state index contributed by atoms with van der Waals surface area (Å²) in [4.78, 5) is 22.2. The zero-order chi connectivity index (χ0) is 11.5. The van der Waals surface area contributed by atoms with Crippen LogP contribution in [0.2, 0.25) is 0 Å². The first kappa shape index (κ1) is 14.3. The van der Waals surface area contributed by atoms with E-state index in [4.69, 9.17) is 0 Å². The molecule has 0 heterocycles. The number of amides is 2. The highest BCUT2D eigenvalue weighted by Gasteiger charge is 2.00. The number of hydrogen-bond donors (Lipinski definition) is 2. The van der Waals surface area contributed by atoms with E-state index in [1.54, 1.807) is 11.8 Å². The molecule has 0 unspecified atom stereocenters. The molecule has 0 fully saturated rings. The van der Waals surface area contributed by atoms with Crippen molar-refractivity contribution in [1.82, 2.24) is 10.6 Å². The third-order valence-electron chi connectivity index (χ3n) is 1.78. The molecule has 15 heavy (non-hydrogen) atoms. The average molecular weight is 232 g/mol. The van der Waals surface area contributed by atoms with Crippen LogP contribution in [0.15, 0.2) is 0 Å². The molecule has 0 aliphatic carbocycles. The molecule has 0 rings (SSSR count). The van der Waals surface area contributed by atoms with Gasteiger partial charge in [-0.3, -0.25) is 9.59 Å². The number of rotatable bonds is 8. The average Bonchev–Trinajstić information content (AvgIpc) is 2.22. The molecule has 0 aromatic heterocycles. The van der Waals surface area contributed by atoms with E-state index >= 15 is 0 Å². The molecule has 0 spiro atoms. The van der Waals surface area contributed by atoms with Gasteiger partial charge >= 0.3 is 0 Å². The van der Waals surface area contributed by atoms with E-state index in [2.05, 4.69) is 10.6 Å². The third-order valence-corrected chi connectivity index (χ3v) is 2.39. The van der Waals surface area contributed by atoms with Gasteiger partial charge in [-0.15, -0.1) is 0 Å². The lowest BCUT2D eigenvalue weighted by Gasteiger charge is -2.06. The molecule has 0 atom stereocenters. The molecule has 0 aromatic rings. The Balaban J connectivity index is 3.30. The minimum absolute atomic E-state index is 0.0501. The number of nitrogens with one attached hydrogen (secondary N) is 2. The largest absolute Gasteiger partial charge is 0.354 e. The fourth-order valence-electron chi connectivity index (χ4n) is 1.00. The van der Waals surface area contributed by atoms with E-state index in [0.717, 1.165) is 12.2 Å². The van der Waals surface area contributed by atoms with Crippen molar-refractivity contribution in [2.45, 2.75) is 26.2 Å². The normalized spacial score (nSPS) is 9.73. The van der Waals surface area contributed by atoms with E-state index in [0.29, 0.717) is 25.9 Å². The quantitative estimate of drug-likeness (QED) is 0.608. The van der Waals surface area contributed by atoms with Crippen molar-refractivity contribution < 1.29 is 9.59 Å². The summed E-state index contributed by atoms with van der Waals surface area (Å²) in [6.07, 6.45) is 3.93. The molecule has 0 aliphatic rings. The minimum atomic E-state index is 0.0501. The molecule has 0 aromatic carbocycles. The van der Waals surface area contributed by atoms with Crippen LogP contribution in [0, 0.1) is 0 Å². The molecular formula is C10H20N2O2S. The Labute approximate surface area is 95.6 Å². The maximum atomic E-state index is 11.1. The van der Waals surface area contributed by atoms with Gasteiger partial charge in [-0.2, -0.15) is 11.8 Å². The molecule has 0 aliphatic heterocycles. The maximum Gasteiger partial charge on any atom is 0.220 e. The van der Waals surface area contributed by atoms with Crippen LogP contribution in [-0.2, 0) is 9.59 Å². The first-order valence-electron chi connectivity index (χ1n) is 5.23. The smallest absolute Gasteiger partial charge is 0.220 e. The highest BCUT2D eigenvalue weighted by atomic mass is 32.2. The first-order valence-corrected chi connectivity index (χ1v) is 6.62. The topological polar surface area (TPSA) is 58.2 Å². The highest BCUT2D eigenvalue weighted by Crippen LogP contribution is 1.94. The monoisotopic (exact) mass is 232 g/mol. The van der Waals surface area contributed by atoms with Gasteiger partial charge < -0.3 is 10.6 Å². The molecule has 5 heteroatoms. The van der Waals surface area contributed by atoms with Gasteiger partial charge in [0.1, 0.15) is 0 Å². The summed E-state index contributed by atoms with van der Waals surface area (Å²) in [6, 6.07) is 0. The van der Waals surface area contributed by atoms with Crippen molar-refractivity contribution >= 4 is 23.6 Å². The van der Waals surface area contributed by atoms with Gasteiger partial charge in [-0.05, 0) is 12.7 Å². The second-order valence-electron chi connectivity index (χ2n) is 3.19. The second-order valence-corrected chi connectivity index (χ2v) is 4.18. The lowest BCUT2D eigenvalue weighted by Crippen LogP contribution is -2.34. The van der Waals surface area contributed by atoms with Crippen molar-refractivity contribution in [2.24, 2.45) is 0 Å². The lowest BCUT2D eigenvalue weighted by molar-refractivity contribution is -0.122. The molecule has 4 nitrogen and oxygen atoms in total. The SMILES string of the molecule is CCCC(=O)NCCNC(=O)CCSC. The van der Waals surface area contributed by atoms with Crippen LogP contribution in [0.5, 0.6) is 0 Å². The Morgan fingerprint density at radius 3 is 2.07 bits per heavy atom. The molecule has 0 bridgehead atoms. The number of thioether (sulfide) groups is 1. The summed E-state index contributed by atoms with van der Waals surface area (Å²) in [6.45, 7) is 3.00. The second kappa shape index (κ2) is 9.83.